The van der Waals surface area contributed by atoms with Crippen molar-refractivity contribution in [1.29, 1.82) is 0 Å². The average molecular weight is 602 g/mol. The van der Waals surface area contributed by atoms with E-state index in [1.165, 1.54) is 13.2 Å². The number of carbonyl (C=O) groups excluding carboxylic acids is 1. The lowest BCUT2D eigenvalue weighted by Gasteiger charge is -2.14. The number of nitro groups is 1. The van der Waals surface area contributed by atoms with E-state index in [4.69, 9.17) is 14.2 Å². The highest BCUT2D eigenvalue weighted by Gasteiger charge is 2.26. The van der Waals surface area contributed by atoms with Crippen molar-refractivity contribution in [1.82, 2.24) is 0 Å². The van der Waals surface area contributed by atoms with E-state index in [1.54, 1.807) is 37.3 Å². The molecule has 8 nitrogen and oxygen atoms in total. The summed E-state index contributed by atoms with van der Waals surface area (Å²) in [5.74, 6) is 0.315. The topological polar surface area (TPSA) is 100 Å². The highest BCUT2D eigenvalue weighted by Crippen LogP contribution is 2.38. The highest BCUT2D eigenvalue weighted by molar-refractivity contribution is 9.10. The number of ether oxygens (including phenoxy) is 3. The maximum atomic E-state index is 12.4. The molecule has 1 aliphatic heterocycles. The van der Waals surface area contributed by atoms with E-state index in [2.05, 4.69) is 36.9 Å². The van der Waals surface area contributed by atoms with E-state index in [0.717, 1.165) is 10.0 Å². The molecule has 178 valence electrons. The molecular weight excluding hydrogens is 584 g/mol. The van der Waals surface area contributed by atoms with Crippen molar-refractivity contribution in [3.8, 4) is 11.5 Å². The fraction of sp³-hybridized carbons (Fsp3) is 0.120. The molecule has 0 atom stereocenters. The van der Waals surface area contributed by atoms with Crippen LogP contribution in [0.25, 0.3) is 6.08 Å². The predicted molar refractivity (Wildman–Crippen MR) is 138 cm³/mol. The number of aryl methyl sites for hydroxylation is 1. The standard InChI is InChI=1S/C25H18Br2N2O6/c1-14-7-8-16(12-21(14)29(31)32)24-28-20(25(30)35-24)10-15-9-19(27)23(22(11-15)33-2)34-13-17-5-3-4-6-18(17)26/h3-12H,13H2,1-2H3/b20-10-. The van der Waals surface area contributed by atoms with Gasteiger partial charge in [-0.15, -0.1) is 0 Å². The van der Waals surface area contributed by atoms with Gasteiger partial charge in [0.25, 0.3) is 5.69 Å². The summed E-state index contributed by atoms with van der Waals surface area (Å²) in [4.78, 5) is 27.4. The lowest BCUT2D eigenvalue weighted by molar-refractivity contribution is -0.385. The van der Waals surface area contributed by atoms with Gasteiger partial charge in [-0.05, 0) is 58.8 Å². The third kappa shape index (κ3) is 5.44. The van der Waals surface area contributed by atoms with Crippen molar-refractivity contribution in [2.24, 2.45) is 4.99 Å². The molecule has 0 aromatic heterocycles. The van der Waals surface area contributed by atoms with Crippen molar-refractivity contribution in [2.75, 3.05) is 7.11 Å². The van der Waals surface area contributed by atoms with E-state index in [1.807, 2.05) is 24.3 Å². The average Bonchev–Trinajstić information content (AvgIpc) is 3.19. The van der Waals surface area contributed by atoms with E-state index in [0.29, 0.717) is 39.3 Å². The molecule has 35 heavy (non-hydrogen) atoms. The first-order valence-electron chi connectivity index (χ1n) is 10.3. The molecule has 0 fully saturated rings. The Morgan fingerprint density at radius 3 is 2.60 bits per heavy atom. The molecule has 1 aliphatic rings. The SMILES string of the molecule is COc1cc(/C=C2\N=C(c3ccc(C)c([N+](=O)[O-])c3)OC2=O)cc(Br)c1OCc1ccccc1Br. The summed E-state index contributed by atoms with van der Waals surface area (Å²) < 4.78 is 18.3. The molecule has 10 heteroatoms. The molecule has 3 aromatic rings. The van der Waals surface area contributed by atoms with Crippen LogP contribution < -0.4 is 9.47 Å². The molecule has 3 aromatic carbocycles. The van der Waals surface area contributed by atoms with Crippen molar-refractivity contribution < 1.29 is 23.9 Å². The number of methoxy groups -OCH3 is 1. The summed E-state index contributed by atoms with van der Waals surface area (Å²) in [6.45, 7) is 1.95. The second kappa shape index (κ2) is 10.4. The molecule has 0 N–H and O–H groups in total. The van der Waals surface area contributed by atoms with Crippen LogP contribution in [-0.2, 0) is 16.1 Å². The number of esters is 1. The van der Waals surface area contributed by atoms with Crippen LogP contribution in [0.5, 0.6) is 11.5 Å². The predicted octanol–water partition coefficient (Wildman–Crippen LogP) is 6.36. The first-order chi connectivity index (χ1) is 16.8. The van der Waals surface area contributed by atoms with Crippen molar-refractivity contribution in [3.05, 3.63) is 102 Å². The Morgan fingerprint density at radius 1 is 1.11 bits per heavy atom. The van der Waals surface area contributed by atoms with Gasteiger partial charge in [-0.1, -0.05) is 40.2 Å². The van der Waals surface area contributed by atoms with Crippen LogP contribution in [0.4, 0.5) is 5.69 Å². The summed E-state index contributed by atoms with van der Waals surface area (Å²) in [6.07, 6.45) is 1.54. The Labute approximate surface area is 217 Å². The second-order valence-electron chi connectivity index (χ2n) is 7.51. The first kappa shape index (κ1) is 24.6. The van der Waals surface area contributed by atoms with Crippen molar-refractivity contribution in [2.45, 2.75) is 13.5 Å². The number of hydrogen-bond acceptors (Lipinski definition) is 7. The molecule has 0 amide bonds. The smallest absolute Gasteiger partial charge is 0.363 e. The second-order valence-corrected chi connectivity index (χ2v) is 9.22. The van der Waals surface area contributed by atoms with Gasteiger partial charge in [0.15, 0.2) is 17.2 Å². The van der Waals surface area contributed by atoms with Gasteiger partial charge in [-0.25, -0.2) is 9.79 Å². The van der Waals surface area contributed by atoms with Gasteiger partial charge in [0.1, 0.15) is 6.61 Å². The molecule has 0 spiro atoms. The minimum atomic E-state index is -0.660. The number of nitro benzene ring substituents is 1. The van der Waals surface area contributed by atoms with E-state index in [-0.39, 0.29) is 17.3 Å². The van der Waals surface area contributed by atoms with Crippen LogP contribution in [0.1, 0.15) is 22.3 Å². The summed E-state index contributed by atoms with van der Waals surface area (Å²) >= 11 is 7.02. The molecule has 0 saturated carbocycles. The summed E-state index contributed by atoms with van der Waals surface area (Å²) in [5.41, 5.74) is 2.41. The molecule has 0 saturated heterocycles. The maximum Gasteiger partial charge on any atom is 0.363 e. The van der Waals surface area contributed by atoms with Crippen molar-refractivity contribution >= 4 is 55.5 Å². The zero-order valence-corrected chi connectivity index (χ0v) is 21.8. The monoisotopic (exact) mass is 600 g/mol. The van der Waals surface area contributed by atoms with Gasteiger partial charge in [0.05, 0.1) is 16.5 Å². The maximum absolute atomic E-state index is 12.4. The van der Waals surface area contributed by atoms with Gasteiger partial charge in [-0.2, -0.15) is 0 Å². The minimum absolute atomic E-state index is 0.00349. The van der Waals surface area contributed by atoms with Crippen LogP contribution in [-0.4, -0.2) is 23.9 Å². The largest absolute Gasteiger partial charge is 0.493 e. The summed E-state index contributed by atoms with van der Waals surface area (Å²) in [5, 5.41) is 11.2. The molecule has 0 aliphatic carbocycles. The van der Waals surface area contributed by atoms with Crippen LogP contribution in [0.3, 0.4) is 0 Å². The fourth-order valence-corrected chi connectivity index (χ4v) is 4.33. The van der Waals surface area contributed by atoms with Crippen LogP contribution in [0, 0.1) is 17.0 Å². The minimum Gasteiger partial charge on any atom is -0.493 e. The number of aliphatic imine (C=N–C) groups is 1. The number of nitrogens with zero attached hydrogens (tertiary/aromatic N) is 2. The zero-order chi connectivity index (χ0) is 25.1. The Hall–Kier alpha value is -3.50. The number of carbonyl (C=O) groups is 1. The number of halogens is 2. The van der Waals surface area contributed by atoms with Crippen LogP contribution >= 0.6 is 31.9 Å². The Kier molecular flexibility index (Phi) is 7.32. The third-order valence-corrected chi connectivity index (χ3v) is 6.52. The molecule has 1 heterocycles. The van der Waals surface area contributed by atoms with Gasteiger partial charge >= 0.3 is 5.97 Å². The van der Waals surface area contributed by atoms with Crippen LogP contribution in [0.15, 0.2) is 74.2 Å². The van der Waals surface area contributed by atoms with E-state index >= 15 is 0 Å². The Balaban J connectivity index is 1.61. The normalized spacial score (nSPS) is 14.0. The van der Waals surface area contributed by atoms with Crippen LogP contribution in [0.2, 0.25) is 0 Å². The number of cyclic esters (lactones) is 1. The molecule has 0 bridgehead atoms. The van der Waals surface area contributed by atoms with E-state index < -0.39 is 10.9 Å². The number of hydrogen-bond donors (Lipinski definition) is 0. The molecule has 0 radical (unpaired) electrons. The highest BCUT2D eigenvalue weighted by atomic mass is 79.9. The van der Waals surface area contributed by atoms with Gasteiger partial charge in [0.2, 0.25) is 5.90 Å². The Bertz CT molecular complexity index is 1400. The third-order valence-electron chi connectivity index (χ3n) is 5.16. The molecular formula is C25H18Br2N2O6. The molecule has 0 unspecified atom stereocenters. The fourth-order valence-electron chi connectivity index (χ4n) is 3.36. The first-order valence-corrected chi connectivity index (χ1v) is 11.9. The van der Waals surface area contributed by atoms with Gasteiger partial charge in [0, 0.05) is 27.2 Å². The van der Waals surface area contributed by atoms with Gasteiger partial charge in [-0.3, -0.25) is 10.1 Å². The number of rotatable bonds is 7. The quantitative estimate of drug-likeness (QED) is 0.135. The lowest BCUT2D eigenvalue weighted by atomic mass is 10.1. The zero-order valence-electron chi connectivity index (χ0n) is 18.6. The number of benzene rings is 3. The summed E-state index contributed by atoms with van der Waals surface area (Å²) in [7, 11) is 1.52. The Morgan fingerprint density at radius 2 is 1.89 bits per heavy atom. The van der Waals surface area contributed by atoms with Crippen molar-refractivity contribution in [3.63, 3.8) is 0 Å². The lowest BCUT2D eigenvalue weighted by Crippen LogP contribution is -2.06. The van der Waals surface area contributed by atoms with E-state index in [9.17, 15) is 14.9 Å². The molecule has 4 rings (SSSR count). The summed E-state index contributed by atoms with van der Waals surface area (Å²) in [6, 6.07) is 15.8. The van der Waals surface area contributed by atoms with Gasteiger partial charge < -0.3 is 14.2 Å².